The smallest absolute Gasteiger partial charge is 0.236 e. The van der Waals surface area contributed by atoms with E-state index in [0.717, 1.165) is 5.56 Å². The molecule has 0 N–H and O–H groups in total. The highest BCUT2D eigenvalue weighted by Gasteiger charge is 2.25. The lowest BCUT2D eigenvalue weighted by Gasteiger charge is -2.37. The van der Waals surface area contributed by atoms with Crippen LogP contribution in [0.3, 0.4) is 0 Å². The molecule has 1 aromatic carbocycles. The van der Waals surface area contributed by atoms with Gasteiger partial charge in [-0.1, -0.05) is 0 Å². The van der Waals surface area contributed by atoms with Crippen LogP contribution >= 0.6 is 0 Å². The molecule has 0 spiro atoms. The van der Waals surface area contributed by atoms with Gasteiger partial charge in [-0.05, 0) is 39.0 Å². The van der Waals surface area contributed by atoms with Crippen molar-refractivity contribution in [3.05, 3.63) is 47.5 Å². The van der Waals surface area contributed by atoms with Crippen molar-refractivity contribution in [2.24, 2.45) is 7.05 Å². The number of ketones is 1. The Hall–Kier alpha value is -2.74. The minimum atomic E-state index is -0.398. The van der Waals surface area contributed by atoms with Gasteiger partial charge in [0, 0.05) is 63.1 Å². The zero-order chi connectivity index (χ0) is 21.8. The van der Waals surface area contributed by atoms with Gasteiger partial charge in [-0.2, -0.15) is 5.10 Å². The number of nitrogens with zero attached hydrogens (tertiary/aromatic N) is 5. The van der Waals surface area contributed by atoms with Gasteiger partial charge < -0.3 is 9.80 Å². The Labute approximate surface area is 177 Å². The Morgan fingerprint density at radius 2 is 1.90 bits per heavy atom. The summed E-state index contributed by atoms with van der Waals surface area (Å²) < 4.78 is 16.2. The van der Waals surface area contributed by atoms with Gasteiger partial charge in [-0.15, -0.1) is 0 Å². The average molecular weight is 416 g/mol. The van der Waals surface area contributed by atoms with Gasteiger partial charge in [0.05, 0.1) is 18.4 Å². The summed E-state index contributed by atoms with van der Waals surface area (Å²) in [5.41, 5.74) is 1.92. The molecule has 1 amide bonds. The van der Waals surface area contributed by atoms with Gasteiger partial charge in [0.1, 0.15) is 5.82 Å². The normalized spacial score (nSPS) is 14.6. The summed E-state index contributed by atoms with van der Waals surface area (Å²) in [4.78, 5) is 30.2. The van der Waals surface area contributed by atoms with Crippen LogP contribution in [0, 0.1) is 5.82 Å². The number of piperazine rings is 1. The standard InChI is InChI=1S/C22H30FN5O2/c1-16(2)28(14-18-12-24-25(4)13-18)15-22(30)27-9-7-26(8-10-27)21-6-5-19(17(3)29)11-20(21)23/h5-6,11-13,16H,7-10,14-15H2,1-4H3. The van der Waals surface area contributed by atoms with Crippen molar-refractivity contribution in [2.45, 2.75) is 33.4 Å². The first-order valence-electron chi connectivity index (χ1n) is 10.3. The van der Waals surface area contributed by atoms with E-state index < -0.39 is 5.82 Å². The maximum absolute atomic E-state index is 14.4. The van der Waals surface area contributed by atoms with Gasteiger partial charge in [0.15, 0.2) is 5.78 Å². The topological polar surface area (TPSA) is 61.7 Å². The van der Waals surface area contributed by atoms with E-state index in [1.807, 2.05) is 29.2 Å². The lowest BCUT2D eigenvalue weighted by molar-refractivity contribution is -0.133. The molecule has 0 unspecified atom stereocenters. The van der Waals surface area contributed by atoms with E-state index in [4.69, 9.17) is 0 Å². The van der Waals surface area contributed by atoms with Crippen LogP contribution in [0.2, 0.25) is 0 Å². The van der Waals surface area contributed by atoms with Crippen LogP contribution in [0.5, 0.6) is 0 Å². The molecule has 1 aliphatic heterocycles. The second-order valence-corrected chi connectivity index (χ2v) is 8.11. The van der Waals surface area contributed by atoms with E-state index in [9.17, 15) is 14.0 Å². The van der Waals surface area contributed by atoms with E-state index in [2.05, 4.69) is 23.8 Å². The minimum absolute atomic E-state index is 0.0830. The molecule has 2 aromatic rings. The fourth-order valence-electron chi connectivity index (χ4n) is 3.66. The molecule has 1 saturated heterocycles. The number of carbonyl (C=O) groups is 2. The third-order valence-corrected chi connectivity index (χ3v) is 5.54. The van der Waals surface area contributed by atoms with Crippen LogP contribution in [0.25, 0.3) is 0 Å². The van der Waals surface area contributed by atoms with Crippen molar-refractivity contribution in [3.8, 4) is 0 Å². The number of hydrogen-bond acceptors (Lipinski definition) is 5. The molecule has 0 radical (unpaired) electrons. The molecule has 0 saturated carbocycles. The van der Waals surface area contributed by atoms with E-state index in [1.54, 1.807) is 16.8 Å². The molecule has 0 bridgehead atoms. The number of Topliss-reactive ketones (excluding diaryl/α,β-unsaturated/α-hetero) is 1. The molecule has 0 aliphatic carbocycles. The number of benzene rings is 1. The van der Waals surface area contributed by atoms with E-state index in [-0.39, 0.29) is 17.7 Å². The van der Waals surface area contributed by atoms with Crippen molar-refractivity contribution in [1.29, 1.82) is 0 Å². The van der Waals surface area contributed by atoms with Gasteiger partial charge in [-0.3, -0.25) is 19.2 Å². The van der Waals surface area contributed by atoms with Crippen LogP contribution in [0.4, 0.5) is 10.1 Å². The molecule has 7 nitrogen and oxygen atoms in total. The van der Waals surface area contributed by atoms with Gasteiger partial charge in [0.2, 0.25) is 5.91 Å². The monoisotopic (exact) mass is 415 g/mol. The number of halogens is 1. The minimum Gasteiger partial charge on any atom is -0.366 e. The summed E-state index contributed by atoms with van der Waals surface area (Å²) in [7, 11) is 1.88. The Morgan fingerprint density at radius 1 is 1.20 bits per heavy atom. The summed E-state index contributed by atoms with van der Waals surface area (Å²) in [6.45, 7) is 8.81. The molecule has 1 aliphatic rings. The number of aromatic nitrogens is 2. The van der Waals surface area contributed by atoms with E-state index >= 15 is 0 Å². The van der Waals surface area contributed by atoms with Crippen molar-refractivity contribution in [1.82, 2.24) is 19.6 Å². The Kier molecular flexibility index (Phi) is 6.87. The third-order valence-electron chi connectivity index (χ3n) is 5.54. The number of anilines is 1. The summed E-state index contributed by atoms with van der Waals surface area (Å²) in [5.74, 6) is -0.471. The number of aryl methyl sites for hydroxylation is 1. The predicted octanol–water partition coefficient (Wildman–Crippen LogP) is 2.32. The SMILES string of the molecule is CC(=O)c1ccc(N2CCN(C(=O)CN(Cc3cnn(C)c3)C(C)C)CC2)c(F)c1. The second kappa shape index (κ2) is 9.38. The summed E-state index contributed by atoms with van der Waals surface area (Å²) >= 11 is 0. The molecular weight excluding hydrogens is 385 g/mol. The number of amides is 1. The van der Waals surface area contributed by atoms with Crippen molar-refractivity contribution in [2.75, 3.05) is 37.6 Å². The van der Waals surface area contributed by atoms with Gasteiger partial charge in [0.25, 0.3) is 0 Å². The molecule has 0 atom stereocenters. The Bertz CT molecular complexity index is 903. The third kappa shape index (κ3) is 5.24. The van der Waals surface area contributed by atoms with Crippen LogP contribution in [0.15, 0.2) is 30.6 Å². The summed E-state index contributed by atoms with van der Waals surface area (Å²) in [5, 5.41) is 4.20. The van der Waals surface area contributed by atoms with Crippen molar-refractivity contribution in [3.63, 3.8) is 0 Å². The Morgan fingerprint density at radius 3 is 2.43 bits per heavy atom. The van der Waals surface area contributed by atoms with Crippen LogP contribution in [0.1, 0.15) is 36.7 Å². The largest absolute Gasteiger partial charge is 0.366 e. The highest BCUT2D eigenvalue weighted by molar-refractivity contribution is 5.94. The first kappa shape index (κ1) is 22.0. The summed E-state index contributed by atoms with van der Waals surface area (Å²) in [6.07, 6.45) is 3.79. The van der Waals surface area contributed by atoms with Crippen LogP contribution in [-0.4, -0.2) is 70.0 Å². The molecular formula is C22H30FN5O2. The van der Waals surface area contributed by atoms with Crippen LogP contribution in [-0.2, 0) is 18.4 Å². The first-order valence-corrected chi connectivity index (χ1v) is 10.3. The fourth-order valence-corrected chi connectivity index (χ4v) is 3.66. The highest BCUT2D eigenvalue weighted by atomic mass is 19.1. The van der Waals surface area contributed by atoms with Crippen molar-refractivity contribution < 1.29 is 14.0 Å². The maximum Gasteiger partial charge on any atom is 0.236 e. The zero-order valence-electron chi connectivity index (χ0n) is 18.1. The predicted molar refractivity (Wildman–Crippen MR) is 114 cm³/mol. The van der Waals surface area contributed by atoms with Gasteiger partial charge in [-0.25, -0.2) is 4.39 Å². The lowest BCUT2D eigenvalue weighted by atomic mass is 10.1. The second-order valence-electron chi connectivity index (χ2n) is 8.11. The molecule has 1 fully saturated rings. The zero-order valence-corrected chi connectivity index (χ0v) is 18.1. The highest BCUT2D eigenvalue weighted by Crippen LogP contribution is 2.22. The number of hydrogen-bond donors (Lipinski definition) is 0. The first-order chi connectivity index (χ1) is 14.2. The molecule has 3 rings (SSSR count). The number of carbonyl (C=O) groups excluding carboxylic acids is 2. The maximum atomic E-state index is 14.4. The lowest BCUT2D eigenvalue weighted by Crippen LogP contribution is -2.52. The molecule has 2 heterocycles. The average Bonchev–Trinajstić information content (AvgIpc) is 3.12. The number of rotatable bonds is 7. The van der Waals surface area contributed by atoms with E-state index in [1.165, 1.54) is 13.0 Å². The van der Waals surface area contributed by atoms with Gasteiger partial charge >= 0.3 is 0 Å². The van der Waals surface area contributed by atoms with E-state index in [0.29, 0.717) is 50.5 Å². The molecule has 1 aromatic heterocycles. The molecule has 8 heteroatoms. The molecule has 162 valence electrons. The molecule has 30 heavy (non-hydrogen) atoms. The van der Waals surface area contributed by atoms with Crippen LogP contribution < -0.4 is 4.90 Å². The summed E-state index contributed by atoms with van der Waals surface area (Å²) in [6, 6.07) is 4.81. The fraction of sp³-hybridized carbons (Fsp3) is 0.500. The van der Waals surface area contributed by atoms with Crippen molar-refractivity contribution >= 4 is 17.4 Å². The Balaban J connectivity index is 1.57. The quantitative estimate of drug-likeness (QED) is 0.650.